The molecule has 4 rings (SSSR count). The van der Waals surface area contributed by atoms with Gasteiger partial charge in [-0.05, 0) is 39.1 Å². The number of aromatic nitrogens is 2. The summed E-state index contributed by atoms with van der Waals surface area (Å²) in [5.74, 6) is -1.41. The number of amides is 1. The number of likely N-dealkylation sites (N-methyl/N-ethyl adjacent to an activating group) is 1. The summed E-state index contributed by atoms with van der Waals surface area (Å²) in [7, 11) is 3.51. The van der Waals surface area contributed by atoms with Crippen molar-refractivity contribution in [2.24, 2.45) is 0 Å². The second kappa shape index (κ2) is 12.3. The number of ether oxygens (including phenoxy) is 2. The molecule has 3 heterocycles. The lowest BCUT2D eigenvalue weighted by Gasteiger charge is -2.44. The minimum absolute atomic E-state index is 0.0766. The summed E-state index contributed by atoms with van der Waals surface area (Å²) in [6.45, 7) is 5.62. The van der Waals surface area contributed by atoms with E-state index in [4.69, 9.17) is 9.47 Å². The Hall–Kier alpha value is -3.97. The zero-order valence-corrected chi connectivity index (χ0v) is 23.0. The first kappa shape index (κ1) is 30.0. The molecule has 13 heteroatoms. The molecule has 3 aromatic rings. The standard InChI is InChI=1S/C28H31F4N5O4/c1-16-14-37(15-17(2)36(16)3)24-11-22(29)19(18-5-6-26(34-12-18)41-8-7-40-4)9-23(24)35-27(39)20-13-33-25(38)10-21(20)28(30,31)32/h5-6,9-13,16-17H,7-8,14-15H2,1-4H3,(H,33,38)(H,35,39)/t16-,17+. The van der Waals surface area contributed by atoms with E-state index in [2.05, 4.69) is 20.2 Å². The number of pyridine rings is 2. The molecule has 2 atom stereocenters. The molecule has 0 aliphatic carbocycles. The van der Waals surface area contributed by atoms with E-state index in [0.29, 0.717) is 42.9 Å². The number of hydrogen-bond donors (Lipinski definition) is 2. The number of carbonyl (C=O) groups excluding carboxylic acids is 1. The SMILES string of the molecule is COCCOc1ccc(-c2cc(NC(=O)c3c[nH]c(=O)cc3C(F)(F)F)c(N3C[C@@H](C)N(C)[C@@H](C)C3)cc2F)cn1. The Morgan fingerprint density at radius 1 is 1.15 bits per heavy atom. The number of H-pyrrole nitrogens is 1. The molecule has 220 valence electrons. The van der Waals surface area contributed by atoms with Crippen molar-refractivity contribution in [1.29, 1.82) is 0 Å². The summed E-state index contributed by atoms with van der Waals surface area (Å²) in [6.07, 6.45) is -2.83. The Bertz CT molecular complexity index is 1430. The third-order valence-corrected chi connectivity index (χ3v) is 7.09. The van der Waals surface area contributed by atoms with Crippen LogP contribution in [-0.2, 0) is 10.9 Å². The van der Waals surface area contributed by atoms with E-state index in [1.165, 1.54) is 25.4 Å². The van der Waals surface area contributed by atoms with E-state index in [1.807, 2.05) is 25.8 Å². The fourth-order valence-electron chi connectivity index (χ4n) is 4.69. The van der Waals surface area contributed by atoms with Crippen LogP contribution >= 0.6 is 0 Å². The first-order valence-corrected chi connectivity index (χ1v) is 12.9. The van der Waals surface area contributed by atoms with Gasteiger partial charge < -0.3 is 24.7 Å². The van der Waals surface area contributed by atoms with Crippen molar-refractivity contribution >= 4 is 17.3 Å². The van der Waals surface area contributed by atoms with Gasteiger partial charge in [0.05, 0.1) is 29.1 Å². The Kier molecular flexibility index (Phi) is 8.98. The van der Waals surface area contributed by atoms with Gasteiger partial charge in [-0.15, -0.1) is 0 Å². The molecule has 2 aromatic heterocycles. The van der Waals surface area contributed by atoms with Crippen LogP contribution in [0.25, 0.3) is 11.1 Å². The van der Waals surface area contributed by atoms with Gasteiger partial charge in [-0.3, -0.25) is 14.5 Å². The zero-order chi connectivity index (χ0) is 29.9. The summed E-state index contributed by atoms with van der Waals surface area (Å²) in [5.41, 5.74) is -2.28. The molecule has 1 aliphatic heterocycles. The first-order chi connectivity index (χ1) is 19.4. The monoisotopic (exact) mass is 577 g/mol. The molecule has 2 N–H and O–H groups in total. The Morgan fingerprint density at radius 2 is 1.85 bits per heavy atom. The van der Waals surface area contributed by atoms with E-state index in [1.54, 1.807) is 12.1 Å². The van der Waals surface area contributed by atoms with E-state index in [-0.39, 0.29) is 29.9 Å². The second-order valence-electron chi connectivity index (χ2n) is 9.92. The van der Waals surface area contributed by atoms with Gasteiger partial charge in [0.2, 0.25) is 11.4 Å². The number of methoxy groups -OCH3 is 1. The van der Waals surface area contributed by atoms with Gasteiger partial charge in [0.1, 0.15) is 12.4 Å². The minimum atomic E-state index is -4.95. The highest BCUT2D eigenvalue weighted by molar-refractivity contribution is 6.07. The van der Waals surface area contributed by atoms with Crippen molar-refractivity contribution in [3.63, 3.8) is 0 Å². The zero-order valence-electron chi connectivity index (χ0n) is 23.0. The lowest BCUT2D eigenvalue weighted by atomic mass is 10.0. The minimum Gasteiger partial charge on any atom is -0.475 e. The van der Waals surface area contributed by atoms with E-state index < -0.39 is 34.6 Å². The van der Waals surface area contributed by atoms with Crippen molar-refractivity contribution in [1.82, 2.24) is 14.9 Å². The number of alkyl halides is 3. The van der Waals surface area contributed by atoms with Gasteiger partial charge in [-0.2, -0.15) is 13.2 Å². The number of nitrogens with zero attached hydrogens (tertiary/aromatic N) is 3. The Morgan fingerprint density at radius 3 is 2.46 bits per heavy atom. The lowest BCUT2D eigenvalue weighted by molar-refractivity contribution is -0.138. The molecule has 41 heavy (non-hydrogen) atoms. The molecule has 0 saturated carbocycles. The number of hydrogen-bond acceptors (Lipinski definition) is 7. The van der Waals surface area contributed by atoms with Crippen LogP contribution in [-0.4, -0.2) is 73.3 Å². The molecule has 0 bridgehead atoms. The molecule has 1 aliphatic rings. The summed E-state index contributed by atoms with van der Waals surface area (Å²) in [5, 5.41) is 2.54. The summed E-state index contributed by atoms with van der Waals surface area (Å²) < 4.78 is 67.0. The number of nitrogens with one attached hydrogen (secondary N) is 2. The molecule has 1 saturated heterocycles. The van der Waals surface area contributed by atoms with Crippen LogP contribution in [0.5, 0.6) is 5.88 Å². The van der Waals surface area contributed by atoms with Crippen molar-refractivity contribution in [3.05, 3.63) is 70.0 Å². The number of aromatic amines is 1. The van der Waals surface area contributed by atoms with Crippen molar-refractivity contribution in [2.75, 3.05) is 50.7 Å². The largest absolute Gasteiger partial charge is 0.475 e. The highest BCUT2D eigenvalue weighted by atomic mass is 19.4. The van der Waals surface area contributed by atoms with E-state index in [9.17, 15) is 22.8 Å². The number of benzene rings is 1. The van der Waals surface area contributed by atoms with Gasteiger partial charge in [0.25, 0.3) is 5.91 Å². The van der Waals surface area contributed by atoms with Crippen molar-refractivity contribution < 1.29 is 31.8 Å². The molecule has 0 unspecified atom stereocenters. The highest BCUT2D eigenvalue weighted by Gasteiger charge is 2.36. The fraction of sp³-hybridized carbons (Fsp3) is 0.393. The van der Waals surface area contributed by atoms with Crippen LogP contribution in [0.1, 0.15) is 29.8 Å². The smallest absolute Gasteiger partial charge is 0.417 e. The maximum absolute atomic E-state index is 15.6. The summed E-state index contributed by atoms with van der Waals surface area (Å²) in [6, 6.07) is 6.26. The number of rotatable bonds is 8. The molecular formula is C28H31F4N5O4. The normalized spacial score (nSPS) is 17.9. The van der Waals surface area contributed by atoms with E-state index in [0.717, 1.165) is 6.20 Å². The highest BCUT2D eigenvalue weighted by Crippen LogP contribution is 2.37. The molecule has 0 spiro atoms. The van der Waals surface area contributed by atoms with Crippen LogP contribution in [0, 0.1) is 5.82 Å². The maximum Gasteiger partial charge on any atom is 0.417 e. The number of carbonyl (C=O) groups is 1. The third-order valence-electron chi connectivity index (χ3n) is 7.09. The van der Waals surface area contributed by atoms with Gasteiger partial charge in [0, 0.05) is 67.9 Å². The summed E-state index contributed by atoms with van der Waals surface area (Å²) >= 11 is 0. The first-order valence-electron chi connectivity index (χ1n) is 12.9. The molecular weight excluding hydrogens is 546 g/mol. The molecule has 0 radical (unpaired) electrons. The summed E-state index contributed by atoms with van der Waals surface area (Å²) in [4.78, 5) is 35.2. The van der Waals surface area contributed by atoms with E-state index >= 15 is 4.39 Å². The van der Waals surface area contributed by atoms with Crippen molar-refractivity contribution in [3.8, 4) is 17.0 Å². The molecule has 9 nitrogen and oxygen atoms in total. The topological polar surface area (TPSA) is 99.8 Å². The number of halogens is 4. The quantitative estimate of drug-likeness (QED) is 0.303. The predicted molar refractivity (Wildman–Crippen MR) is 146 cm³/mol. The van der Waals surface area contributed by atoms with Crippen molar-refractivity contribution in [2.45, 2.75) is 32.1 Å². The average Bonchev–Trinajstić information content (AvgIpc) is 2.92. The Labute approximate surface area is 234 Å². The third kappa shape index (κ3) is 6.85. The fourth-order valence-corrected chi connectivity index (χ4v) is 4.69. The average molecular weight is 578 g/mol. The van der Waals surface area contributed by atoms with Crippen LogP contribution in [0.4, 0.5) is 28.9 Å². The Balaban J connectivity index is 1.75. The predicted octanol–water partition coefficient (Wildman–Crippen LogP) is 4.40. The number of piperazine rings is 1. The molecule has 1 aromatic carbocycles. The van der Waals surface area contributed by atoms with Gasteiger partial charge in [-0.1, -0.05) is 0 Å². The number of anilines is 2. The van der Waals surface area contributed by atoms with Crippen LogP contribution in [0.15, 0.2) is 47.5 Å². The molecule has 1 amide bonds. The van der Waals surface area contributed by atoms with Crippen LogP contribution in [0.3, 0.4) is 0 Å². The van der Waals surface area contributed by atoms with Crippen LogP contribution in [0.2, 0.25) is 0 Å². The lowest BCUT2D eigenvalue weighted by Crippen LogP contribution is -2.55. The van der Waals surface area contributed by atoms with Gasteiger partial charge in [0.15, 0.2) is 0 Å². The maximum atomic E-state index is 15.6. The molecule has 1 fully saturated rings. The van der Waals surface area contributed by atoms with Gasteiger partial charge >= 0.3 is 6.18 Å². The second-order valence-corrected chi connectivity index (χ2v) is 9.92. The van der Waals surface area contributed by atoms with Crippen LogP contribution < -0.4 is 20.5 Å². The van der Waals surface area contributed by atoms with Gasteiger partial charge in [-0.25, -0.2) is 9.37 Å².